The molecule has 0 atom stereocenters. The molecular weight excluding hydrogens is 348 g/mol. The number of carbonyl (C=O) groups is 1. The van der Waals surface area contributed by atoms with Crippen molar-refractivity contribution < 1.29 is 14.6 Å². The highest BCUT2D eigenvalue weighted by molar-refractivity contribution is 5.92. The monoisotopic (exact) mass is 374 g/mol. The standard InChI is InChI=1S/C25H26O3/c1-17-6-5-7-19(14-17)20-10-13-23(22(15-20)24(26)27)28-16-18-8-11-21(12-9-18)25(2,3)4/h5-15H,16H2,1-4H3,(H,26,27). The van der Waals surface area contributed by atoms with Gasteiger partial charge in [0.1, 0.15) is 17.9 Å². The molecule has 0 aliphatic carbocycles. The maximum absolute atomic E-state index is 11.8. The van der Waals surface area contributed by atoms with E-state index >= 15 is 0 Å². The van der Waals surface area contributed by atoms with Crippen LogP contribution in [-0.4, -0.2) is 11.1 Å². The smallest absolute Gasteiger partial charge is 0.339 e. The summed E-state index contributed by atoms with van der Waals surface area (Å²) in [5, 5.41) is 9.63. The lowest BCUT2D eigenvalue weighted by Crippen LogP contribution is -2.11. The van der Waals surface area contributed by atoms with Gasteiger partial charge in [-0.2, -0.15) is 0 Å². The van der Waals surface area contributed by atoms with Gasteiger partial charge in [0.25, 0.3) is 0 Å². The lowest BCUT2D eigenvalue weighted by molar-refractivity contribution is 0.0692. The van der Waals surface area contributed by atoms with Gasteiger partial charge in [-0.1, -0.05) is 80.9 Å². The first-order chi connectivity index (χ1) is 13.2. The predicted octanol–water partition coefficient (Wildman–Crippen LogP) is 6.24. The molecule has 0 aliphatic heterocycles. The van der Waals surface area contributed by atoms with Crippen molar-refractivity contribution in [2.45, 2.75) is 39.7 Å². The van der Waals surface area contributed by atoms with E-state index in [9.17, 15) is 9.90 Å². The van der Waals surface area contributed by atoms with Crippen molar-refractivity contribution in [1.82, 2.24) is 0 Å². The van der Waals surface area contributed by atoms with Crippen molar-refractivity contribution >= 4 is 5.97 Å². The minimum atomic E-state index is -0.993. The highest BCUT2D eigenvalue weighted by Crippen LogP contribution is 2.28. The molecule has 0 saturated carbocycles. The van der Waals surface area contributed by atoms with E-state index in [4.69, 9.17) is 4.74 Å². The van der Waals surface area contributed by atoms with Crippen molar-refractivity contribution in [2.75, 3.05) is 0 Å². The van der Waals surface area contributed by atoms with Crippen LogP contribution in [0.1, 0.15) is 47.8 Å². The molecule has 0 spiro atoms. The van der Waals surface area contributed by atoms with E-state index in [0.717, 1.165) is 22.3 Å². The first-order valence-electron chi connectivity index (χ1n) is 9.40. The second kappa shape index (κ2) is 7.89. The molecule has 3 aromatic carbocycles. The quantitative estimate of drug-likeness (QED) is 0.575. The van der Waals surface area contributed by atoms with Crippen LogP contribution in [0.2, 0.25) is 0 Å². The van der Waals surface area contributed by atoms with Gasteiger partial charge in [-0.15, -0.1) is 0 Å². The summed E-state index contributed by atoms with van der Waals surface area (Å²) in [5.41, 5.74) is 5.52. The number of rotatable bonds is 5. The van der Waals surface area contributed by atoms with Crippen molar-refractivity contribution in [3.8, 4) is 16.9 Å². The SMILES string of the molecule is Cc1cccc(-c2ccc(OCc3ccc(C(C)(C)C)cc3)c(C(=O)O)c2)c1. The van der Waals surface area contributed by atoms with Gasteiger partial charge in [0.2, 0.25) is 0 Å². The molecule has 3 heteroatoms. The van der Waals surface area contributed by atoms with E-state index in [1.54, 1.807) is 12.1 Å². The van der Waals surface area contributed by atoms with Gasteiger partial charge < -0.3 is 9.84 Å². The minimum absolute atomic E-state index is 0.0987. The molecule has 0 saturated heterocycles. The fourth-order valence-corrected chi connectivity index (χ4v) is 3.09. The number of carboxylic acid groups (broad SMARTS) is 1. The van der Waals surface area contributed by atoms with Gasteiger partial charge in [-0.25, -0.2) is 4.79 Å². The third-order valence-corrected chi connectivity index (χ3v) is 4.78. The maximum Gasteiger partial charge on any atom is 0.339 e. The Morgan fingerprint density at radius 3 is 2.21 bits per heavy atom. The van der Waals surface area contributed by atoms with E-state index in [1.165, 1.54) is 5.56 Å². The number of carboxylic acids is 1. The molecule has 0 heterocycles. The molecule has 3 aromatic rings. The lowest BCUT2D eigenvalue weighted by Gasteiger charge is -2.19. The summed E-state index contributed by atoms with van der Waals surface area (Å²) in [6, 6.07) is 21.6. The van der Waals surface area contributed by atoms with Crippen molar-refractivity contribution in [1.29, 1.82) is 0 Å². The van der Waals surface area contributed by atoms with Crippen LogP contribution in [-0.2, 0) is 12.0 Å². The number of aryl methyl sites for hydroxylation is 1. The summed E-state index contributed by atoms with van der Waals surface area (Å²) in [6.07, 6.45) is 0. The fraction of sp³-hybridized carbons (Fsp3) is 0.240. The highest BCUT2D eigenvalue weighted by atomic mass is 16.5. The summed E-state index contributed by atoms with van der Waals surface area (Å²) in [5.74, 6) is -0.614. The summed E-state index contributed by atoms with van der Waals surface area (Å²) >= 11 is 0. The molecular formula is C25H26O3. The molecule has 144 valence electrons. The molecule has 1 N–H and O–H groups in total. The van der Waals surface area contributed by atoms with Crippen LogP contribution in [0.3, 0.4) is 0 Å². The Morgan fingerprint density at radius 1 is 0.929 bits per heavy atom. The van der Waals surface area contributed by atoms with Gasteiger partial charge in [0.15, 0.2) is 0 Å². The van der Waals surface area contributed by atoms with E-state index in [-0.39, 0.29) is 11.0 Å². The largest absolute Gasteiger partial charge is 0.488 e. The fourth-order valence-electron chi connectivity index (χ4n) is 3.09. The normalized spacial score (nSPS) is 11.3. The van der Waals surface area contributed by atoms with E-state index in [2.05, 4.69) is 32.9 Å². The van der Waals surface area contributed by atoms with Gasteiger partial charge in [0, 0.05) is 0 Å². The van der Waals surface area contributed by atoms with Crippen LogP contribution in [0.15, 0.2) is 66.7 Å². The molecule has 28 heavy (non-hydrogen) atoms. The zero-order valence-corrected chi connectivity index (χ0v) is 16.8. The number of hydrogen-bond acceptors (Lipinski definition) is 2. The Morgan fingerprint density at radius 2 is 1.61 bits per heavy atom. The third-order valence-electron chi connectivity index (χ3n) is 4.78. The molecule has 0 aromatic heterocycles. The first kappa shape index (κ1) is 19.7. The van der Waals surface area contributed by atoms with Gasteiger partial charge >= 0.3 is 5.97 Å². The second-order valence-electron chi connectivity index (χ2n) is 8.12. The Bertz CT molecular complexity index is 979. The maximum atomic E-state index is 11.8. The Balaban J connectivity index is 1.81. The van der Waals surface area contributed by atoms with Crippen LogP contribution >= 0.6 is 0 Å². The lowest BCUT2D eigenvalue weighted by atomic mass is 9.87. The highest BCUT2D eigenvalue weighted by Gasteiger charge is 2.15. The molecule has 0 amide bonds. The third kappa shape index (κ3) is 4.61. The number of benzene rings is 3. The average molecular weight is 374 g/mol. The van der Waals surface area contributed by atoms with E-state index in [0.29, 0.717) is 12.4 Å². The van der Waals surface area contributed by atoms with Crippen molar-refractivity contribution in [3.63, 3.8) is 0 Å². The molecule has 0 aliphatic rings. The number of aromatic carboxylic acids is 1. The summed E-state index contributed by atoms with van der Waals surface area (Å²) in [4.78, 5) is 11.8. The average Bonchev–Trinajstić information content (AvgIpc) is 2.66. The summed E-state index contributed by atoms with van der Waals surface area (Å²) in [7, 11) is 0. The number of hydrogen-bond donors (Lipinski definition) is 1. The van der Waals surface area contributed by atoms with E-state index in [1.807, 2.05) is 49.4 Å². The van der Waals surface area contributed by atoms with Crippen molar-refractivity contribution in [3.05, 3.63) is 89.0 Å². The Labute approximate surface area is 166 Å². The van der Waals surface area contributed by atoms with Crippen LogP contribution in [0.5, 0.6) is 5.75 Å². The molecule has 0 fully saturated rings. The van der Waals surface area contributed by atoms with E-state index < -0.39 is 5.97 Å². The van der Waals surface area contributed by atoms with Gasteiger partial charge in [-0.05, 0) is 46.7 Å². The summed E-state index contributed by atoms with van der Waals surface area (Å²) in [6.45, 7) is 8.87. The predicted molar refractivity (Wildman–Crippen MR) is 113 cm³/mol. The van der Waals surface area contributed by atoms with Crippen LogP contribution in [0, 0.1) is 6.92 Å². The van der Waals surface area contributed by atoms with Gasteiger partial charge in [-0.3, -0.25) is 0 Å². The van der Waals surface area contributed by atoms with Gasteiger partial charge in [0.05, 0.1) is 0 Å². The molecule has 0 bridgehead atoms. The first-order valence-corrected chi connectivity index (χ1v) is 9.40. The van der Waals surface area contributed by atoms with Crippen LogP contribution < -0.4 is 4.74 Å². The molecule has 0 unspecified atom stereocenters. The molecule has 3 rings (SSSR count). The topological polar surface area (TPSA) is 46.5 Å². The minimum Gasteiger partial charge on any atom is -0.488 e. The molecule has 0 radical (unpaired) electrons. The van der Waals surface area contributed by atoms with Crippen molar-refractivity contribution in [2.24, 2.45) is 0 Å². The number of ether oxygens (including phenoxy) is 1. The molecule has 3 nitrogen and oxygen atoms in total. The van der Waals surface area contributed by atoms with Crippen LogP contribution in [0.4, 0.5) is 0 Å². The Kier molecular flexibility index (Phi) is 5.55. The summed E-state index contributed by atoms with van der Waals surface area (Å²) < 4.78 is 5.84. The zero-order valence-electron chi connectivity index (χ0n) is 16.8. The zero-order chi connectivity index (χ0) is 20.3. The second-order valence-corrected chi connectivity index (χ2v) is 8.12. The van der Waals surface area contributed by atoms with Crippen LogP contribution in [0.25, 0.3) is 11.1 Å². The Hall–Kier alpha value is -3.07.